The van der Waals surface area contributed by atoms with Crippen molar-refractivity contribution in [2.45, 2.75) is 18.4 Å². The minimum absolute atomic E-state index is 0.0706. The number of hydrogen-bond acceptors (Lipinski definition) is 6. The molecule has 1 aliphatic heterocycles. The molecule has 1 aromatic carbocycles. The molecule has 2 aromatic rings. The predicted molar refractivity (Wildman–Crippen MR) is 91.5 cm³/mol. The van der Waals surface area contributed by atoms with E-state index in [0.29, 0.717) is 5.52 Å². The molecule has 0 saturated carbocycles. The van der Waals surface area contributed by atoms with Crippen LogP contribution in [0.2, 0.25) is 0 Å². The summed E-state index contributed by atoms with van der Waals surface area (Å²) in [5.74, 6) is -2.80. The molecular formula is C16H15F6N5O3. The lowest BCUT2D eigenvalue weighted by molar-refractivity contribution is -0.192. The summed E-state index contributed by atoms with van der Waals surface area (Å²) in [4.78, 5) is 28.5. The Bertz CT molecular complexity index is 914. The monoisotopic (exact) mass is 439 g/mol. The first-order chi connectivity index (χ1) is 13.9. The normalized spacial score (nSPS) is 14.3. The average molecular weight is 439 g/mol. The number of carbonyl (C=O) groups excluding carboxylic acids is 1. The average Bonchev–Trinajstić information content (AvgIpc) is 2.61. The van der Waals surface area contributed by atoms with Crippen LogP contribution >= 0.6 is 0 Å². The molecule has 3 rings (SSSR count). The van der Waals surface area contributed by atoms with Gasteiger partial charge >= 0.3 is 18.3 Å². The third-order valence-corrected chi connectivity index (χ3v) is 3.77. The fourth-order valence-corrected chi connectivity index (χ4v) is 2.21. The van der Waals surface area contributed by atoms with Crippen LogP contribution < -0.4 is 16.0 Å². The van der Waals surface area contributed by atoms with Crippen molar-refractivity contribution >= 4 is 28.6 Å². The number of alkyl halides is 6. The van der Waals surface area contributed by atoms with Crippen molar-refractivity contribution < 1.29 is 41.0 Å². The molecule has 0 bridgehead atoms. The van der Waals surface area contributed by atoms with Crippen molar-refractivity contribution in [2.24, 2.45) is 0 Å². The molecule has 1 aromatic heterocycles. The third-order valence-electron chi connectivity index (χ3n) is 3.77. The quantitative estimate of drug-likeness (QED) is 0.537. The van der Waals surface area contributed by atoms with E-state index in [0.717, 1.165) is 25.2 Å². The minimum atomic E-state index is -5.08. The van der Waals surface area contributed by atoms with Gasteiger partial charge in [0.25, 0.3) is 0 Å². The first kappa shape index (κ1) is 23.1. The summed E-state index contributed by atoms with van der Waals surface area (Å²) >= 11 is 0. The largest absolute Gasteiger partial charge is 0.490 e. The van der Waals surface area contributed by atoms with Gasteiger partial charge in [-0.1, -0.05) is 0 Å². The number of amides is 1. The molecule has 0 aliphatic carbocycles. The summed E-state index contributed by atoms with van der Waals surface area (Å²) in [5.41, 5.74) is -0.410. The number of anilines is 1. The topological polar surface area (TPSA) is 116 Å². The van der Waals surface area contributed by atoms with Crippen molar-refractivity contribution in [3.8, 4) is 0 Å². The molecule has 4 N–H and O–H groups in total. The van der Waals surface area contributed by atoms with Gasteiger partial charge in [-0.3, -0.25) is 4.79 Å². The zero-order valence-electron chi connectivity index (χ0n) is 14.9. The van der Waals surface area contributed by atoms with Gasteiger partial charge in [0, 0.05) is 18.5 Å². The number of aromatic nitrogens is 2. The maximum Gasteiger partial charge on any atom is 0.490 e. The van der Waals surface area contributed by atoms with Gasteiger partial charge in [0.05, 0.1) is 23.7 Å². The molecule has 0 unspecified atom stereocenters. The summed E-state index contributed by atoms with van der Waals surface area (Å²) in [7, 11) is 0. The fourth-order valence-electron chi connectivity index (χ4n) is 2.21. The van der Waals surface area contributed by atoms with Crippen molar-refractivity contribution in [1.82, 2.24) is 20.6 Å². The molecule has 14 heteroatoms. The maximum atomic E-state index is 12.8. The van der Waals surface area contributed by atoms with E-state index in [1.54, 1.807) is 0 Å². The van der Waals surface area contributed by atoms with Gasteiger partial charge in [-0.25, -0.2) is 14.8 Å². The van der Waals surface area contributed by atoms with E-state index < -0.39 is 23.9 Å². The number of carbonyl (C=O) groups is 2. The minimum Gasteiger partial charge on any atom is -0.475 e. The number of carboxylic acid groups (broad SMARTS) is 1. The molecule has 1 fully saturated rings. The van der Waals surface area contributed by atoms with E-state index in [-0.39, 0.29) is 29.7 Å². The summed E-state index contributed by atoms with van der Waals surface area (Å²) < 4.78 is 70.2. The number of nitrogens with zero attached hydrogens (tertiary/aromatic N) is 2. The zero-order chi connectivity index (χ0) is 22.5. The van der Waals surface area contributed by atoms with E-state index in [2.05, 4.69) is 25.9 Å². The third kappa shape index (κ3) is 6.43. The second-order valence-electron chi connectivity index (χ2n) is 6.03. The Labute approximate surface area is 164 Å². The Balaban J connectivity index is 0.000000396. The van der Waals surface area contributed by atoms with Crippen molar-refractivity contribution in [3.05, 3.63) is 30.1 Å². The highest BCUT2D eigenvalue weighted by Crippen LogP contribution is 2.32. The molecule has 1 saturated heterocycles. The van der Waals surface area contributed by atoms with Crippen LogP contribution in [0.25, 0.3) is 10.9 Å². The van der Waals surface area contributed by atoms with E-state index in [4.69, 9.17) is 9.90 Å². The van der Waals surface area contributed by atoms with Crippen molar-refractivity contribution in [1.29, 1.82) is 0 Å². The first-order valence-electron chi connectivity index (χ1n) is 8.24. The molecule has 0 spiro atoms. The zero-order valence-corrected chi connectivity index (χ0v) is 14.9. The number of carboxylic acids is 1. The summed E-state index contributed by atoms with van der Waals surface area (Å²) in [6.07, 6.45) is -8.29. The van der Waals surface area contributed by atoms with Gasteiger partial charge < -0.3 is 21.1 Å². The fraction of sp³-hybridized carbons (Fsp3) is 0.375. The Kier molecular flexibility index (Phi) is 7.02. The van der Waals surface area contributed by atoms with Crippen LogP contribution in [0.15, 0.2) is 24.5 Å². The van der Waals surface area contributed by atoms with Gasteiger partial charge in [-0.05, 0) is 18.2 Å². The lowest BCUT2D eigenvalue weighted by Crippen LogP contribution is -2.57. The number of fused-ring (bicyclic) bond motifs is 1. The van der Waals surface area contributed by atoms with Crippen LogP contribution in [-0.4, -0.2) is 58.8 Å². The highest BCUT2D eigenvalue weighted by Gasteiger charge is 2.38. The van der Waals surface area contributed by atoms with Crippen molar-refractivity contribution in [2.75, 3.05) is 25.0 Å². The van der Waals surface area contributed by atoms with Crippen LogP contribution in [-0.2, 0) is 15.8 Å². The Morgan fingerprint density at radius 3 is 2.27 bits per heavy atom. The van der Waals surface area contributed by atoms with Gasteiger partial charge in [0.2, 0.25) is 5.91 Å². The summed E-state index contributed by atoms with van der Waals surface area (Å²) in [5, 5.41) is 15.9. The first-order valence-corrected chi connectivity index (χ1v) is 8.24. The molecule has 1 aliphatic rings. The summed E-state index contributed by atoms with van der Waals surface area (Å²) in [6, 6.07) is 3.33. The van der Waals surface area contributed by atoms with Gasteiger partial charge in [-0.15, -0.1) is 0 Å². The molecule has 0 radical (unpaired) electrons. The maximum absolute atomic E-state index is 12.8. The van der Waals surface area contributed by atoms with Crippen LogP contribution in [0.1, 0.15) is 5.56 Å². The van der Waals surface area contributed by atoms with Crippen LogP contribution in [0, 0.1) is 0 Å². The standard InChI is InChI=1S/C14H14F3N5O.C2HF3O2/c15-14(16,17)8-1-2-11-10(3-8)13(21-7-20-11)19-6-12(23)22-9-4-18-5-9;3-2(4,5)1(6)7/h1-3,7,9,18H,4-6H2,(H,22,23)(H,19,20,21);(H,6,7). The number of benzene rings is 1. The number of hydrogen-bond donors (Lipinski definition) is 4. The molecule has 8 nitrogen and oxygen atoms in total. The molecule has 2 heterocycles. The number of halogens is 6. The summed E-state index contributed by atoms with van der Waals surface area (Å²) in [6.45, 7) is 1.37. The van der Waals surface area contributed by atoms with Crippen molar-refractivity contribution in [3.63, 3.8) is 0 Å². The van der Waals surface area contributed by atoms with Crippen LogP contribution in [0.5, 0.6) is 0 Å². The number of aliphatic carboxylic acids is 1. The smallest absolute Gasteiger partial charge is 0.475 e. The molecule has 30 heavy (non-hydrogen) atoms. The second kappa shape index (κ2) is 9.11. The Morgan fingerprint density at radius 2 is 1.77 bits per heavy atom. The lowest BCUT2D eigenvalue weighted by atomic mass is 10.1. The lowest BCUT2D eigenvalue weighted by Gasteiger charge is -2.27. The number of rotatable bonds is 4. The molecule has 164 valence electrons. The Morgan fingerprint density at radius 1 is 1.13 bits per heavy atom. The van der Waals surface area contributed by atoms with E-state index in [1.807, 2.05) is 0 Å². The second-order valence-corrected chi connectivity index (χ2v) is 6.03. The van der Waals surface area contributed by atoms with E-state index in [1.165, 1.54) is 12.4 Å². The van der Waals surface area contributed by atoms with Crippen LogP contribution in [0.4, 0.5) is 32.2 Å². The van der Waals surface area contributed by atoms with Gasteiger partial charge in [0.1, 0.15) is 12.1 Å². The Hall–Kier alpha value is -3.16. The molecule has 0 atom stereocenters. The van der Waals surface area contributed by atoms with Gasteiger partial charge in [-0.2, -0.15) is 26.3 Å². The molecule has 1 amide bonds. The van der Waals surface area contributed by atoms with E-state index >= 15 is 0 Å². The highest BCUT2D eigenvalue weighted by atomic mass is 19.4. The van der Waals surface area contributed by atoms with E-state index in [9.17, 15) is 31.1 Å². The molecular weight excluding hydrogens is 424 g/mol. The SMILES string of the molecule is O=C(CNc1ncnc2ccc(C(F)(F)F)cc12)NC1CNC1.O=C(O)C(F)(F)F. The van der Waals surface area contributed by atoms with Crippen LogP contribution in [0.3, 0.4) is 0 Å². The van der Waals surface area contributed by atoms with Gasteiger partial charge in [0.15, 0.2) is 0 Å². The number of nitrogens with one attached hydrogen (secondary N) is 3. The predicted octanol–water partition coefficient (Wildman–Crippen LogP) is 1.78. The highest BCUT2D eigenvalue weighted by molar-refractivity contribution is 5.91.